The van der Waals surface area contributed by atoms with E-state index in [1.54, 1.807) is 6.21 Å². The number of Topliss-reactive ketones (excluding diaryl/α,β-unsaturated/α-hetero) is 2. The van der Waals surface area contributed by atoms with Crippen molar-refractivity contribution in [2.24, 2.45) is 16.3 Å². The first kappa shape index (κ1) is 21.6. The van der Waals surface area contributed by atoms with Crippen LogP contribution in [0.3, 0.4) is 0 Å². The van der Waals surface area contributed by atoms with Crippen LogP contribution in [0.4, 0.5) is 5.69 Å². The van der Waals surface area contributed by atoms with Crippen molar-refractivity contribution in [3.8, 4) is 0 Å². The van der Waals surface area contributed by atoms with Gasteiger partial charge >= 0.3 is 0 Å². The van der Waals surface area contributed by atoms with Gasteiger partial charge in [-0.2, -0.15) is 0 Å². The highest BCUT2D eigenvalue weighted by atomic mass is 32.1. The zero-order chi connectivity index (χ0) is 20.9. The molecule has 156 valence electrons. The van der Waals surface area contributed by atoms with Crippen LogP contribution in [0.15, 0.2) is 35.3 Å². The maximum absolute atomic E-state index is 12.2. The average molecular weight is 415 g/mol. The van der Waals surface area contributed by atoms with Crippen molar-refractivity contribution < 1.29 is 9.59 Å². The van der Waals surface area contributed by atoms with Crippen LogP contribution in [0.2, 0.25) is 0 Å². The second-order valence-electron chi connectivity index (χ2n) is 8.61. The molecule has 6 nitrogen and oxygen atoms in total. The molecular weight excluding hydrogens is 384 g/mol. The first-order valence-corrected chi connectivity index (χ1v) is 10.6. The molecule has 3 rings (SSSR count). The quantitative estimate of drug-likeness (QED) is 0.454. The molecule has 7 heteroatoms. The molecule has 0 spiro atoms. The number of ketones is 2. The summed E-state index contributed by atoms with van der Waals surface area (Å²) in [5.41, 5.74) is 0.790. The molecule has 1 heterocycles. The molecule has 1 N–H and O–H groups in total. The average Bonchev–Trinajstić information content (AvgIpc) is 2.67. The lowest BCUT2D eigenvalue weighted by molar-refractivity contribution is -0.136. The van der Waals surface area contributed by atoms with Gasteiger partial charge in [-0.05, 0) is 29.8 Å². The Balaban J connectivity index is 1.38. The number of anilines is 1. The third-order valence-corrected chi connectivity index (χ3v) is 5.84. The number of hydrogen-bond donors (Lipinski definition) is 1. The van der Waals surface area contributed by atoms with E-state index in [4.69, 9.17) is 12.2 Å². The van der Waals surface area contributed by atoms with Gasteiger partial charge in [0.15, 0.2) is 5.11 Å². The Hall–Kier alpha value is -2.12. The summed E-state index contributed by atoms with van der Waals surface area (Å²) in [6.07, 6.45) is 2.48. The number of para-hydroxylation sites is 1. The van der Waals surface area contributed by atoms with Gasteiger partial charge in [-0.25, -0.2) is 0 Å². The number of benzene rings is 1. The fourth-order valence-corrected chi connectivity index (χ4v) is 4.15. The molecule has 1 aliphatic carbocycles. The summed E-state index contributed by atoms with van der Waals surface area (Å²) in [4.78, 5) is 33.3. The smallest absolute Gasteiger partial charge is 0.173 e. The Morgan fingerprint density at radius 3 is 2.38 bits per heavy atom. The van der Waals surface area contributed by atoms with Crippen LogP contribution < -0.4 is 5.32 Å². The first-order chi connectivity index (χ1) is 13.8. The third kappa shape index (κ3) is 6.18. The van der Waals surface area contributed by atoms with E-state index >= 15 is 0 Å². The van der Waals surface area contributed by atoms with E-state index in [1.165, 1.54) is 0 Å². The number of piperazine rings is 1. The Morgan fingerprint density at radius 1 is 1.14 bits per heavy atom. The van der Waals surface area contributed by atoms with Gasteiger partial charge < -0.3 is 10.2 Å². The number of aliphatic imine (C=N–C) groups is 1. The molecule has 0 aromatic heterocycles. The summed E-state index contributed by atoms with van der Waals surface area (Å²) in [7, 11) is 0. The molecule has 0 bridgehead atoms. The van der Waals surface area contributed by atoms with Gasteiger partial charge in [0.05, 0.1) is 6.54 Å². The molecular formula is C22H30N4O2S. The van der Waals surface area contributed by atoms with Crippen molar-refractivity contribution in [2.75, 3.05) is 44.6 Å². The number of nitrogens with one attached hydrogen (secondary N) is 1. The fraction of sp³-hybridized carbons (Fsp3) is 0.545. The van der Waals surface area contributed by atoms with Crippen LogP contribution in [0.1, 0.15) is 26.7 Å². The fourth-order valence-electron chi connectivity index (χ4n) is 3.85. The van der Waals surface area contributed by atoms with Crippen LogP contribution in [0.5, 0.6) is 0 Å². The number of nitrogens with zero attached hydrogens (tertiary/aromatic N) is 3. The van der Waals surface area contributed by atoms with Gasteiger partial charge in [-0.15, -0.1) is 0 Å². The third-order valence-electron chi connectivity index (χ3n) is 5.48. The highest BCUT2D eigenvalue weighted by molar-refractivity contribution is 7.80. The predicted octanol–water partition coefficient (Wildman–Crippen LogP) is 2.65. The largest absolute Gasteiger partial charge is 0.346 e. The van der Waals surface area contributed by atoms with Crippen LogP contribution in [-0.4, -0.2) is 72.0 Å². The molecule has 0 amide bonds. The minimum absolute atomic E-state index is 0.00282. The second-order valence-corrected chi connectivity index (χ2v) is 8.99. The van der Waals surface area contributed by atoms with E-state index < -0.39 is 5.92 Å². The zero-order valence-electron chi connectivity index (χ0n) is 17.3. The number of carbonyl (C=O) groups excluding carboxylic acids is 2. The highest BCUT2D eigenvalue weighted by Crippen LogP contribution is 2.33. The Labute approximate surface area is 178 Å². The molecule has 1 aromatic rings. The summed E-state index contributed by atoms with van der Waals surface area (Å²) >= 11 is 5.52. The Kier molecular flexibility index (Phi) is 7.14. The van der Waals surface area contributed by atoms with Gasteiger partial charge in [-0.1, -0.05) is 32.0 Å². The predicted molar refractivity (Wildman–Crippen MR) is 121 cm³/mol. The normalized spacial score (nSPS) is 21.0. The van der Waals surface area contributed by atoms with E-state index in [2.05, 4.69) is 20.1 Å². The Morgan fingerprint density at radius 2 is 1.76 bits per heavy atom. The number of hydrogen-bond acceptors (Lipinski definition) is 5. The molecule has 29 heavy (non-hydrogen) atoms. The molecule has 2 aliphatic rings. The summed E-state index contributed by atoms with van der Waals surface area (Å²) in [5.74, 6) is -0.632. The van der Waals surface area contributed by atoms with Gasteiger partial charge in [-0.3, -0.25) is 19.5 Å². The van der Waals surface area contributed by atoms with E-state index in [1.807, 2.05) is 44.2 Å². The molecule has 1 aromatic carbocycles. The maximum Gasteiger partial charge on any atom is 0.173 e. The van der Waals surface area contributed by atoms with Gasteiger partial charge in [0.2, 0.25) is 0 Å². The molecule has 0 radical (unpaired) electrons. The minimum Gasteiger partial charge on any atom is -0.346 e. The maximum atomic E-state index is 12.2. The summed E-state index contributed by atoms with van der Waals surface area (Å²) < 4.78 is 0. The van der Waals surface area contributed by atoms with E-state index in [0.29, 0.717) is 19.4 Å². The van der Waals surface area contributed by atoms with Gasteiger partial charge in [0.25, 0.3) is 0 Å². The van der Waals surface area contributed by atoms with Crippen molar-refractivity contribution in [2.45, 2.75) is 26.7 Å². The molecule has 0 unspecified atom stereocenters. The standard InChI is InChI=1S/C22H30N4O2S/c1-22(2)14-19(27)18(20(28)15-22)16-23-8-9-25-10-12-26(13-11-25)21(29)24-17-6-4-3-5-7-17/h3-7,16,18H,8-15H2,1-2H3,(H,24,29). The topological polar surface area (TPSA) is 65.0 Å². The van der Waals surface area contributed by atoms with Gasteiger partial charge in [0.1, 0.15) is 17.5 Å². The monoisotopic (exact) mass is 414 g/mol. The summed E-state index contributed by atoms with van der Waals surface area (Å²) in [6, 6.07) is 9.96. The molecule has 2 fully saturated rings. The second kappa shape index (κ2) is 9.59. The van der Waals surface area contributed by atoms with Crippen molar-refractivity contribution in [3.05, 3.63) is 30.3 Å². The van der Waals surface area contributed by atoms with Crippen LogP contribution >= 0.6 is 12.2 Å². The molecule has 0 atom stereocenters. The zero-order valence-corrected chi connectivity index (χ0v) is 18.1. The van der Waals surface area contributed by atoms with E-state index in [0.717, 1.165) is 43.5 Å². The molecule has 1 aliphatic heterocycles. The SMILES string of the molecule is CC1(C)CC(=O)C(C=NCCN2CCN(C(=S)Nc3ccccc3)CC2)C(=O)C1. The highest BCUT2D eigenvalue weighted by Gasteiger charge is 2.38. The molecule has 1 saturated carbocycles. The van der Waals surface area contributed by atoms with Crippen molar-refractivity contribution in [1.29, 1.82) is 0 Å². The van der Waals surface area contributed by atoms with Crippen LogP contribution in [0.25, 0.3) is 0 Å². The Bertz CT molecular complexity index is 750. The van der Waals surface area contributed by atoms with Crippen molar-refractivity contribution in [3.63, 3.8) is 0 Å². The van der Waals surface area contributed by atoms with Crippen molar-refractivity contribution in [1.82, 2.24) is 9.80 Å². The van der Waals surface area contributed by atoms with Crippen LogP contribution in [-0.2, 0) is 9.59 Å². The van der Waals surface area contributed by atoms with E-state index in [9.17, 15) is 9.59 Å². The number of thiocarbonyl (C=S) groups is 1. The lowest BCUT2D eigenvalue weighted by Crippen LogP contribution is -2.50. The lowest BCUT2D eigenvalue weighted by atomic mass is 9.72. The van der Waals surface area contributed by atoms with Gasteiger partial charge in [0, 0.05) is 57.5 Å². The first-order valence-electron chi connectivity index (χ1n) is 10.2. The number of carbonyl (C=O) groups is 2. The number of rotatable bonds is 5. The van der Waals surface area contributed by atoms with E-state index in [-0.39, 0.29) is 17.0 Å². The lowest BCUT2D eigenvalue weighted by Gasteiger charge is -2.36. The molecule has 1 saturated heterocycles. The summed E-state index contributed by atoms with van der Waals surface area (Å²) in [6.45, 7) is 8.95. The summed E-state index contributed by atoms with van der Waals surface area (Å²) in [5, 5.41) is 4.04. The van der Waals surface area contributed by atoms with Crippen molar-refractivity contribution >= 4 is 40.8 Å². The van der Waals surface area contributed by atoms with Crippen LogP contribution in [0, 0.1) is 11.3 Å². The minimum atomic E-state index is -0.638.